The van der Waals surface area contributed by atoms with Gasteiger partial charge in [0.05, 0.1) is 12.5 Å². The first-order chi connectivity index (χ1) is 6.83. The van der Waals surface area contributed by atoms with Crippen LogP contribution in [0.5, 0.6) is 0 Å². The molecule has 0 aromatic heterocycles. The predicted octanol–water partition coefficient (Wildman–Crippen LogP) is 2.15. The molecule has 0 spiro atoms. The maximum Gasteiger partial charge on any atom is 0.309 e. The Kier molecular flexibility index (Phi) is 1.89. The molecule has 3 rings (SSSR count). The molecule has 2 saturated carbocycles. The van der Waals surface area contributed by atoms with Crippen LogP contribution in [0, 0.1) is 23.7 Å². The summed E-state index contributed by atoms with van der Waals surface area (Å²) in [5, 5.41) is 0. The number of fused-ring (bicyclic) bond motifs is 2. The van der Waals surface area contributed by atoms with Gasteiger partial charge in [0.25, 0.3) is 0 Å². The van der Waals surface area contributed by atoms with Crippen LogP contribution in [-0.2, 0) is 9.53 Å². The van der Waals surface area contributed by atoms with Crippen molar-refractivity contribution in [3.8, 4) is 0 Å². The lowest BCUT2D eigenvalue weighted by molar-refractivity contribution is -0.149. The van der Waals surface area contributed by atoms with Gasteiger partial charge in [-0.3, -0.25) is 4.79 Å². The molecule has 3 aliphatic carbocycles. The molecule has 0 N–H and O–H groups in total. The molecule has 0 aromatic carbocycles. The van der Waals surface area contributed by atoms with Gasteiger partial charge in [0.15, 0.2) is 0 Å². The zero-order valence-electron chi connectivity index (χ0n) is 8.32. The Balaban J connectivity index is 1.54. The highest BCUT2D eigenvalue weighted by Gasteiger charge is 2.41. The highest BCUT2D eigenvalue weighted by molar-refractivity contribution is 5.74. The average Bonchev–Trinajstić information content (AvgIpc) is 2.79. The van der Waals surface area contributed by atoms with Gasteiger partial charge in [0.1, 0.15) is 0 Å². The van der Waals surface area contributed by atoms with Gasteiger partial charge in [0, 0.05) is 0 Å². The van der Waals surface area contributed by atoms with E-state index >= 15 is 0 Å². The van der Waals surface area contributed by atoms with Gasteiger partial charge in [-0.25, -0.2) is 0 Å². The van der Waals surface area contributed by atoms with Crippen molar-refractivity contribution < 1.29 is 9.53 Å². The van der Waals surface area contributed by atoms with Crippen LogP contribution in [0.3, 0.4) is 0 Å². The summed E-state index contributed by atoms with van der Waals surface area (Å²) in [5.41, 5.74) is 0. The van der Waals surface area contributed by atoms with Gasteiger partial charge in [-0.15, -0.1) is 0 Å². The summed E-state index contributed by atoms with van der Waals surface area (Å²) in [4.78, 5) is 11.7. The quantitative estimate of drug-likeness (QED) is 0.506. The van der Waals surface area contributed by atoms with E-state index in [1.807, 2.05) is 0 Å². The minimum Gasteiger partial charge on any atom is -0.465 e. The highest BCUT2D eigenvalue weighted by atomic mass is 16.5. The Labute approximate surface area is 84.3 Å². The Morgan fingerprint density at radius 1 is 1.29 bits per heavy atom. The summed E-state index contributed by atoms with van der Waals surface area (Å²) < 4.78 is 5.33. The van der Waals surface area contributed by atoms with Crippen molar-refractivity contribution in [3.63, 3.8) is 0 Å². The maximum absolute atomic E-state index is 11.7. The number of carbonyl (C=O) groups is 1. The minimum absolute atomic E-state index is 0.0637. The summed E-state index contributed by atoms with van der Waals surface area (Å²) >= 11 is 0. The summed E-state index contributed by atoms with van der Waals surface area (Å²) in [6, 6.07) is 0. The first-order valence-corrected chi connectivity index (χ1v) is 5.68. The molecule has 3 aliphatic rings. The van der Waals surface area contributed by atoms with E-state index in [4.69, 9.17) is 4.74 Å². The summed E-state index contributed by atoms with van der Waals surface area (Å²) in [6.07, 6.45) is 9.19. The molecule has 76 valence electrons. The van der Waals surface area contributed by atoms with E-state index in [1.54, 1.807) is 0 Å². The number of rotatable bonds is 3. The number of hydrogen-bond acceptors (Lipinski definition) is 2. The van der Waals surface area contributed by atoms with Crippen LogP contribution in [0.2, 0.25) is 0 Å². The van der Waals surface area contributed by atoms with Crippen LogP contribution < -0.4 is 0 Å². The van der Waals surface area contributed by atoms with Crippen molar-refractivity contribution in [1.29, 1.82) is 0 Å². The molecule has 0 saturated heterocycles. The minimum atomic E-state index is 0.0637. The second-order valence-corrected chi connectivity index (χ2v) is 4.96. The fourth-order valence-electron chi connectivity index (χ4n) is 2.64. The molecule has 0 radical (unpaired) electrons. The van der Waals surface area contributed by atoms with Crippen LogP contribution in [-0.4, -0.2) is 12.6 Å². The molecule has 0 aromatic rings. The zero-order valence-corrected chi connectivity index (χ0v) is 8.32. The van der Waals surface area contributed by atoms with Gasteiger partial charge in [0.2, 0.25) is 0 Å². The third-order valence-corrected chi connectivity index (χ3v) is 3.74. The Bertz CT molecular complexity index is 278. The van der Waals surface area contributed by atoms with E-state index in [0.717, 1.165) is 6.42 Å². The van der Waals surface area contributed by atoms with Gasteiger partial charge in [-0.05, 0) is 43.4 Å². The van der Waals surface area contributed by atoms with Crippen LogP contribution in [0.1, 0.15) is 25.7 Å². The van der Waals surface area contributed by atoms with E-state index in [0.29, 0.717) is 24.4 Å². The van der Waals surface area contributed by atoms with Gasteiger partial charge in [-0.1, -0.05) is 12.2 Å². The van der Waals surface area contributed by atoms with Crippen molar-refractivity contribution >= 4 is 5.97 Å². The lowest BCUT2D eigenvalue weighted by Gasteiger charge is -2.16. The number of ether oxygens (including phenoxy) is 1. The van der Waals surface area contributed by atoms with Crippen LogP contribution in [0.4, 0.5) is 0 Å². The third-order valence-electron chi connectivity index (χ3n) is 3.74. The molecule has 2 fully saturated rings. The Morgan fingerprint density at radius 3 is 2.71 bits per heavy atom. The molecular formula is C12H16O2. The summed E-state index contributed by atoms with van der Waals surface area (Å²) in [5.74, 6) is 2.09. The van der Waals surface area contributed by atoms with Crippen molar-refractivity contribution in [2.45, 2.75) is 25.7 Å². The topological polar surface area (TPSA) is 26.3 Å². The molecule has 2 heteroatoms. The molecule has 2 nitrogen and oxygen atoms in total. The maximum atomic E-state index is 11.7. The Morgan fingerprint density at radius 2 is 2.14 bits per heavy atom. The van der Waals surface area contributed by atoms with Crippen molar-refractivity contribution in [2.75, 3.05) is 6.61 Å². The van der Waals surface area contributed by atoms with Crippen LogP contribution in [0.25, 0.3) is 0 Å². The van der Waals surface area contributed by atoms with Gasteiger partial charge < -0.3 is 4.74 Å². The van der Waals surface area contributed by atoms with Crippen molar-refractivity contribution in [1.82, 2.24) is 0 Å². The van der Waals surface area contributed by atoms with Crippen LogP contribution >= 0.6 is 0 Å². The Hall–Kier alpha value is -0.790. The lowest BCUT2D eigenvalue weighted by atomic mass is 9.94. The molecule has 0 amide bonds. The van der Waals surface area contributed by atoms with E-state index < -0.39 is 0 Å². The predicted molar refractivity (Wildman–Crippen MR) is 52.5 cm³/mol. The fourth-order valence-corrected chi connectivity index (χ4v) is 2.64. The standard InChI is InChI=1S/C12H16O2/c13-12(14-7-8-1-2-8)11-6-9-3-4-10(11)5-9/h3-4,8-11H,1-2,5-7H2. The van der Waals surface area contributed by atoms with Gasteiger partial charge in [-0.2, -0.15) is 0 Å². The lowest BCUT2D eigenvalue weighted by Crippen LogP contribution is -2.22. The van der Waals surface area contributed by atoms with Crippen LogP contribution in [0.15, 0.2) is 12.2 Å². The largest absolute Gasteiger partial charge is 0.465 e. The number of carbonyl (C=O) groups excluding carboxylic acids is 1. The molecule has 3 unspecified atom stereocenters. The molecule has 3 atom stereocenters. The first-order valence-electron chi connectivity index (χ1n) is 5.68. The second kappa shape index (κ2) is 3.11. The summed E-state index contributed by atoms with van der Waals surface area (Å²) in [7, 11) is 0. The fraction of sp³-hybridized carbons (Fsp3) is 0.750. The van der Waals surface area contributed by atoms with Crippen molar-refractivity contribution in [2.24, 2.45) is 23.7 Å². The van der Waals surface area contributed by atoms with E-state index in [-0.39, 0.29) is 11.9 Å². The normalized spacial score (nSPS) is 39.0. The van der Waals surface area contributed by atoms with E-state index in [9.17, 15) is 4.79 Å². The molecule has 0 aliphatic heterocycles. The van der Waals surface area contributed by atoms with E-state index in [2.05, 4.69) is 12.2 Å². The third kappa shape index (κ3) is 1.47. The number of hydrogen-bond donors (Lipinski definition) is 0. The molecular weight excluding hydrogens is 176 g/mol. The monoisotopic (exact) mass is 192 g/mol. The molecule has 0 heterocycles. The smallest absolute Gasteiger partial charge is 0.309 e. The summed E-state index contributed by atoms with van der Waals surface area (Å²) in [6.45, 7) is 0.677. The average molecular weight is 192 g/mol. The second-order valence-electron chi connectivity index (χ2n) is 4.96. The van der Waals surface area contributed by atoms with E-state index in [1.165, 1.54) is 19.3 Å². The van der Waals surface area contributed by atoms with Gasteiger partial charge >= 0.3 is 5.97 Å². The number of allylic oxidation sites excluding steroid dienone is 2. The number of esters is 1. The zero-order chi connectivity index (χ0) is 9.54. The highest BCUT2D eigenvalue weighted by Crippen LogP contribution is 2.44. The molecule has 14 heavy (non-hydrogen) atoms. The van der Waals surface area contributed by atoms with Crippen molar-refractivity contribution in [3.05, 3.63) is 12.2 Å². The first kappa shape index (κ1) is 8.51. The molecule has 2 bridgehead atoms. The SMILES string of the molecule is O=C(OCC1CC1)C1CC2C=CC1C2.